The molecular formula is C24H24N2O3. The van der Waals surface area contributed by atoms with E-state index in [1.54, 1.807) is 31.2 Å². The Bertz CT molecular complexity index is 969. The lowest BCUT2D eigenvalue weighted by atomic mass is 10.1. The topological polar surface area (TPSA) is 67.4 Å². The third-order valence-electron chi connectivity index (χ3n) is 4.43. The van der Waals surface area contributed by atoms with Crippen LogP contribution in [0.25, 0.3) is 0 Å². The number of nitrogens with one attached hydrogen (secondary N) is 2. The van der Waals surface area contributed by atoms with Gasteiger partial charge in [-0.25, -0.2) is 0 Å². The third-order valence-corrected chi connectivity index (χ3v) is 4.43. The van der Waals surface area contributed by atoms with E-state index in [1.165, 1.54) is 0 Å². The minimum absolute atomic E-state index is 0.253. The molecule has 0 aliphatic rings. The fourth-order valence-corrected chi connectivity index (χ4v) is 2.77. The van der Waals surface area contributed by atoms with Crippen molar-refractivity contribution in [3.05, 3.63) is 95.6 Å². The first-order chi connectivity index (χ1) is 14.0. The fraction of sp³-hybridized carbons (Fsp3) is 0.167. The number of hydrogen-bond acceptors (Lipinski definition) is 3. The van der Waals surface area contributed by atoms with E-state index in [2.05, 4.69) is 10.6 Å². The van der Waals surface area contributed by atoms with Crippen LogP contribution in [0.3, 0.4) is 0 Å². The van der Waals surface area contributed by atoms with Crippen molar-refractivity contribution in [1.29, 1.82) is 0 Å². The highest BCUT2D eigenvalue weighted by Crippen LogP contribution is 2.18. The summed E-state index contributed by atoms with van der Waals surface area (Å²) in [5.41, 5.74) is 2.97. The number of amides is 2. The van der Waals surface area contributed by atoms with Crippen LogP contribution in [0.2, 0.25) is 0 Å². The van der Waals surface area contributed by atoms with Crippen LogP contribution >= 0.6 is 0 Å². The van der Waals surface area contributed by atoms with E-state index >= 15 is 0 Å². The molecule has 0 bridgehead atoms. The van der Waals surface area contributed by atoms with Gasteiger partial charge in [-0.05, 0) is 43.7 Å². The molecule has 3 aromatic rings. The molecular weight excluding hydrogens is 364 g/mol. The van der Waals surface area contributed by atoms with Gasteiger partial charge >= 0.3 is 0 Å². The van der Waals surface area contributed by atoms with Gasteiger partial charge in [0, 0.05) is 6.54 Å². The van der Waals surface area contributed by atoms with Gasteiger partial charge in [0.1, 0.15) is 5.75 Å². The van der Waals surface area contributed by atoms with Crippen LogP contribution in [0.5, 0.6) is 5.75 Å². The Balaban J connectivity index is 1.63. The summed E-state index contributed by atoms with van der Waals surface area (Å²) >= 11 is 0. The van der Waals surface area contributed by atoms with Crippen LogP contribution in [0.1, 0.15) is 28.4 Å². The van der Waals surface area contributed by atoms with Crippen molar-refractivity contribution < 1.29 is 14.3 Å². The number of carbonyl (C=O) groups is 2. The minimum atomic E-state index is -0.710. The van der Waals surface area contributed by atoms with Crippen molar-refractivity contribution in [2.45, 2.75) is 26.5 Å². The number of para-hydroxylation sites is 1. The number of benzene rings is 3. The Hall–Kier alpha value is -3.60. The third kappa shape index (κ3) is 5.69. The molecule has 29 heavy (non-hydrogen) atoms. The molecule has 5 nitrogen and oxygen atoms in total. The predicted octanol–water partition coefficient (Wildman–Crippen LogP) is 4.33. The first kappa shape index (κ1) is 20.1. The Morgan fingerprint density at radius 1 is 0.897 bits per heavy atom. The summed E-state index contributed by atoms with van der Waals surface area (Å²) in [6.45, 7) is 4.07. The van der Waals surface area contributed by atoms with Gasteiger partial charge in [0.15, 0.2) is 6.10 Å². The van der Waals surface area contributed by atoms with E-state index in [9.17, 15) is 9.59 Å². The van der Waals surface area contributed by atoms with Gasteiger partial charge in [0.05, 0.1) is 11.3 Å². The molecule has 3 aromatic carbocycles. The van der Waals surface area contributed by atoms with E-state index in [-0.39, 0.29) is 11.8 Å². The first-order valence-corrected chi connectivity index (χ1v) is 9.48. The summed E-state index contributed by atoms with van der Waals surface area (Å²) in [5, 5.41) is 5.68. The van der Waals surface area contributed by atoms with Gasteiger partial charge in [0.2, 0.25) is 0 Å². The van der Waals surface area contributed by atoms with Gasteiger partial charge in [-0.2, -0.15) is 0 Å². The Morgan fingerprint density at radius 3 is 2.28 bits per heavy atom. The molecule has 0 fully saturated rings. The number of carbonyl (C=O) groups excluding carboxylic acids is 2. The second kappa shape index (κ2) is 9.55. The Morgan fingerprint density at radius 2 is 1.55 bits per heavy atom. The number of aryl methyl sites for hydroxylation is 1. The lowest BCUT2D eigenvalue weighted by molar-refractivity contribution is -0.122. The van der Waals surface area contributed by atoms with E-state index in [0.717, 1.165) is 11.1 Å². The number of rotatable bonds is 7. The summed E-state index contributed by atoms with van der Waals surface area (Å²) in [7, 11) is 0. The van der Waals surface area contributed by atoms with Gasteiger partial charge in [-0.3, -0.25) is 9.59 Å². The van der Waals surface area contributed by atoms with Crippen molar-refractivity contribution in [1.82, 2.24) is 5.32 Å². The average Bonchev–Trinajstić information content (AvgIpc) is 2.74. The second-order valence-electron chi connectivity index (χ2n) is 6.78. The minimum Gasteiger partial charge on any atom is -0.481 e. The van der Waals surface area contributed by atoms with Gasteiger partial charge < -0.3 is 15.4 Å². The number of anilines is 1. The molecule has 2 N–H and O–H groups in total. The summed E-state index contributed by atoms with van der Waals surface area (Å²) in [4.78, 5) is 25.2. The van der Waals surface area contributed by atoms with Crippen LogP contribution in [0.15, 0.2) is 78.9 Å². The monoisotopic (exact) mass is 388 g/mol. The highest BCUT2D eigenvalue weighted by molar-refractivity contribution is 6.04. The second-order valence-corrected chi connectivity index (χ2v) is 6.78. The standard InChI is InChI=1S/C24H24N2O3/c1-17-12-14-20(15-13-17)29-18(2)23(27)26-22-11-7-6-10-21(22)24(28)25-16-19-8-4-3-5-9-19/h3-15,18H,16H2,1-2H3,(H,25,28)(H,26,27)/t18-/m1/s1. The molecule has 0 saturated heterocycles. The summed E-state index contributed by atoms with van der Waals surface area (Å²) in [6, 6.07) is 24.1. The van der Waals surface area contributed by atoms with Crippen molar-refractivity contribution in [2.24, 2.45) is 0 Å². The molecule has 3 rings (SSSR count). The van der Waals surface area contributed by atoms with Crippen LogP contribution in [-0.4, -0.2) is 17.9 Å². The van der Waals surface area contributed by atoms with Crippen molar-refractivity contribution in [3.63, 3.8) is 0 Å². The molecule has 2 amide bonds. The molecule has 0 aliphatic heterocycles. The largest absolute Gasteiger partial charge is 0.481 e. The van der Waals surface area contributed by atoms with Gasteiger partial charge in [-0.15, -0.1) is 0 Å². The van der Waals surface area contributed by atoms with E-state index in [1.807, 2.05) is 61.5 Å². The SMILES string of the molecule is Cc1ccc(O[C@H](C)C(=O)Nc2ccccc2C(=O)NCc2ccccc2)cc1. The zero-order valence-corrected chi connectivity index (χ0v) is 16.5. The molecule has 0 unspecified atom stereocenters. The van der Waals surface area contributed by atoms with Crippen LogP contribution in [0, 0.1) is 6.92 Å². The van der Waals surface area contributed by atoms with E-state index < -0.39 is 6.10 Å². The van der Waals surface area contributed by atoms with Crippen LogP contribution < -0.4 is 15.4 Å². The normalized spacial score (nSPS) is 11.4. The Labute approximate surface area is 170 Å². The fourth-order valence-electron chi connectivity index (χ4n) is 2.77. The van der Waals surface area contributed by atoms with Crippen LogP contribution in [0.4, 0.5) is 5.69 Å². The Kier molecular flexibility index (Phi) is 6.63. The summed E-state index contributed by atoms with van der Waals surface area (Å²) in [6.07, 6.45) is -0.710. The lowest BCUT2D eigenvalue weighted by Crippen LogP contribution is -2.31. The predicted molar refractivity (Wildman–Crippen MR) is 114 cm³/mol. The van der Waals surface area contributed by atoms with E-state index in [4.69, 9.17) is 4.74 Å². The smallest absolute Gasteiger partial charge is 0.265 e. The molecule has 0 saturated carbocycles. The molecule has 1 atom stereocenters. The number of ether oxygens (including phenoxy) is 1. The summed E-state index contributed by atoms with van der Waals surface area (Å²) in [5.74, 6) is 0.0397. The molecule has 148 valence electrons. The maximum atomic E-state index is 12.6. The zero-order valence-electron chi connectivity index (χ0n) is 16.5. The van der Waals surface area contributed by atoms with Gasteiger partial charge in [-0.1, -0.05) is 60.2 Å². The van der Waals surface area contributed by atoms with Crippen LogP contribution in [-0.2, 0) is 11.3 Å². The molecule has 0 aliphatic carbocycles. The number of hydrogen-bond donors (Lipinski definition) is 2. The molecule has 0 aromatic heterocycles. The zero-order chi connectivity index (χ0) is 20.6. The van der Waals surface area contributed by atoms with Gasteiger partial charge in [0.25, 0.3) is 11.8 Å². The summed E-state index contributed by atoms with van der Waals surface area (Å²) < 4.78 is 5.70. The molecule has 0 spiro atoms. The molecule has 5 heteroatoms. The van der Waals surface area contributed by atoms with Crippen molar-refractivity contribution >= 4 is 17.5 Å². The quantitative estimate of drug-likeness (QED) is 0.633. The first-order valence-electron chi connectivity index (χ1n) is 9.48. The highest BCUT2D eigenvalue weighted by Gasteiger charge is 2.18. The van der Waals surface area contributed by atoms with Crippen molar-refractivity contribution in [2.75, 3.05) is 5.32 Å². The maximum absolute atomic E-state index is 12.6. The highest BCUT2D eigenvalue weighted by atomic mass is 16.5. The average molecular weight is 388 g/mol. The van der Waals surface area contributed by atoms with Crippen molar-refractivity contribution in [3.8, 4) is 5.75 Å². The maximum Gasteiger partial charge on any atom is 0.265 e. The molecule has 0 heterocycles. The molecule has 0 radical (unpaired) electrons. The van der Waals surface area contributed by atoms with E-state index in [0.29, 0.717) is 23.5 Å². The lowest BCUT2D eigenvalue weighted by Gasteiger charge is -2.16.